The quantitative estimate of drug-likeness (QED) is 0.694. The van der Waals surface area contributed by atoms with Crippen molar-refractivity contribution in [2.75, 3.05) is 14.1 Å². The van der Waals surface area contributed by atoms with Gasteiger partial charge >= 0.3 is 0 Å². The number of sulfonamides is 1. The fraction of sp³-hybridized carbons (Fsp3) is 0.176. The molecule has 3 aromatic rings. The summed E-state index contributed by atoms with van der Waals surface area (Å²) in [5.41, 5.74) is 2.22. The third kappa shape index (κ3) is 3.44. The summed E-state index contributed by atoms with van der Waals surface area (Å²) in [6.45, 7) is 1.97. The summed E-state index contributed by atoms with van der Waals surface area (Å²) in [5, 5.41) is 8.38. The number of benzene rings is 2. The highest BCUT2D eigenvalue weighted by Crippen LogP contribution is 2.32. The van der Waals surface area contributed by atoms with Crippen LogP contribution in [0.5, 0.6) is 0 Å². The predicted octanol–water partition coefficient (Wildman–Crippen LogP) is 3.62. The second kappa shape index (κ2) is 6.59. The Balaban J connectivity index is 2.06. The SMILES string of the molecule is Cc1cccc(-c2nnc(-c3cc(S(=O)(=O)N(C)C)ccc3Cl)o2)c1. The number of hydrogen-bond donors (Lipinski definition) is 0. The minimum absolute atomic E-state index is 0.104. The number of aryl methyl sites for hydroxylation is 1. The molecule has 3 rings (SSSR count). The fourth-order valence-corrected chi connectivity index (χ4v) is 3.39. The van der Waals surface area contributed by atoms with Gasteiger partial charge in [-0.25, -0.2) is 12.7 Å². The van der Waals surface area contributed by atoms with Crippen LogP contribution in [0.1, 0.15) is 5.56 Å². The van der Waals surface area contributed by atoms with Gasteiger partial charge in [0.05, 0.1) is 15.5 Å². The van der Waals surface area contributed by atoms with Crippen molar-refractivity contribution in [3.8, 4) is 22.9 Å². The van der Waals surface area contributed by atoms with E-state index in [1.54, 1.807) is 0 Å². The first-order valence-corrected chi connectivity index (χ1v) is 9.24. The van der Waals surface area contributed by atoms with Crippen LogP contribution in [-0.4, -0.2) is 37.0 Å². The molecule has 0 saturated heterocycles. The maximum atomic E-state index is 12.3. The van der Waals surface area contributed by atoms with Crippen LogP contribution in [0, 0.1) is 6.92 Å². The average Bonchev–Trinajstić information content (AvgIpc) is 3.04. The molecule has 25 heavy (non-hydrogen) atoms. The van der Waals surface area contributed by atoms with E-state index < -0.39 is 10.0 Å². The first kappa shape index (κ1) is 17.6. The zero-order valence-electron chi connectivity index (χ0n) is 13.9. The first-order chi connectivity index (χ1) is 11.8. The van der Waals surface area contributed by atoms with E-state index in [0.717, 1.165) is 15.4 Å². The zero-order chi connectivity index (χ0) is 18.2. The maximum absolute atomic E-state index is 12.3. The molecular weight excluding hydrogens is 362 g/mol. The van der Waals surface area contributed by atoms with E-state index in [1.165, 1.54) is 32.3 Å². The number of rotatable bonds is 4. The van der Waals surface area contributed by atoms with E-state index in [1.807, 2.05) is 31.2 Å². The Morgan fingerprint density at radius 2 is 1.76 bits per heavy atom. The van der Waals surface area contributed by atoms with Crippen LogP contribution >= 0.6 is 11.6 Å². The topological polar surface area (TPSA) is 76.3 Å². The van der Waals surface area contributed by atoms with Gasteiger partial charge in [-0.3, -0.25) is 0 Å². The van der Waals surface area contributed by atoms with Gasteiger partial charge in [-0.2, -0.15) is 0 Å². The van der Waals surface area contributed by atoms with Gasteiger partial charge in [0, 0.05) is 19.7 Å². The van der Waals surface area contributed by atoms with Gasteiger partial charge in [0.25, 0.3) is 0 Å². The Labute approximate surface area is 151 Å². The highest BCUT2D eigenvalue weighted by Gasteiger charge is 2.21. The van der Waals surface area contributed by atoms with Gasteiger partial charge in [-0.15, -0.1) is 10.2 Å². The summed E-state index contributed by atoms with van der Waals surface area (Å²) in [5.74, 6) is 0.507. The second-order valence-electron chi connectivity index (χ2n) is 5.71. The second-order valence-corrected chi connectivity index (χ2v) is 8.27. The van der Waals surface area contributed by atoms with Crippen molar-refractivity contribution in [2.24, 2.45) is 0 Å². The van der Waals surface area contributed by atoms with Gasteiger partial charge < -0.3 is 4.42 Å². The third-order valence-corrected chi connectivity index (χ3v) is 5.78. The van der Waals surface area contributed by atoms with Crippen LogP contribution in [0.2, 0.25) is 5.02 Å². The molecule has 0 N–H and O–H groups in total. The van der Waals surface area contributed by atoms with Crippen molar-refractivity contribution < 1.29 is 12.8 Å². The summed E-state index contributed by atoms with van der Waals surface area (Å²) >= 11 is 6.20. The number of hydrogen-bond acceptors (Lipinski definition) is 5. The Morgan fingerprint density at radius 1 is 1.04 bits per heavy atom. The predicted molar refractivity (Wildman–Crippen MR) is 95.8 cm³/mol. The molecule has 0 fully saturated rings. The molecule has 0 aliphatic heterocycles. The smallest absolute Gasteiger partial charge is 0.249 e. The van der Waals surface area contributed by atoms with E-state index >= 15 is 0 Å². The number of aromatic nitrogens is 2. The van der Waals surface area contributed by atoms with Crippen LogP contribution in [0.3, 0.4) is 0 Å². The summed E-state index contributed by atoms with van der Waals surface area (Å²) in [4.78, 5) is 0.104. The molecule has 0 amide bonds. The van der Waals surface area contributed by atoms with Gasteiger partial charge in [0.1, 0.15) is 0 Å². The third-order valence-electron chi connectivity index (χ3n) is 3.64. The fourth-order valence-electron chi connectivity index (χ4n) is 2.27. The van der Waals surface area contributed by atoms with Gasteiger partial charge in [0.2, 0.25) is 21.8 Å². The van der Waals surface area contributed by atoms with Gasteiger partial charge in [-0.05, 0) is 37.3 Å². The van der Waals surface area contributed by atoms with Crippen LogP contribution < -0.4 is 0 Å². The summed E-state index contributed by atoms with van der Waals surface area (Å²) in [6.07, 6.45) is 0. The molecule has 0 saturated carbocycles. The zero-order valence-corrected chi connectivity index (χ0v) is 15.5. The van der Waals surface area contributed by atoms with Crippen molar-refractivity contribution >= 4 is 21.6 Å². The number of nitrogens with zero attached hydrogens (tertiary/aromatic N) is 3. The maximum Gasteiger partial charge on any atom is 0.249 e. The highest BCUT2D eigenvalue weighted by molar-refractivity contribution is 7.89. The first-order valence-electron chi connectivity index (χ1n) is 7.42. The molecule has 1 aromatic heterocycles. The van der Waals surface area contributed by atoms with Gasteiger partial charge in [0.15, 0.2) is 0 Å². The Bertz CT molecular complexity index is 1030. The molecule has 8 heteroatoms. The minimum Gasteiger partial charge on any atom is -0.416 e. The molecule has 0 unspecified atom stereocenters. The van der Waals surface area contributed by atoms with Gasteiger partial charge in [-0.1, -0.05) is 29.3 Å². The van der Waals surface area contributed by atoms with Crippen molar-refractivity contribution in [3.05, 3.63) is 53.1 Å². The van der Waals surface area contributed by atoms with Crippen LogP contribution in [0.4, 0.5) is 0 Å². The lowest BCUT2D eigenvalue weighted by Gasteiger charge is -2.12. The van der Waals surface area contributed by atoms with Crippen molar-refractivity contribution in [1.29, 1.82) is 0 Å². The molecule has 0 aliphatic carbocycles. The molecule has 130 valence electrons. The molecule has 0 spiro atoms. The summed E-state index contributed by atoms with van der Waals surface area (Å²) in [6, 6.07) is 12.0. The van der Waals surface area contributed by atoms with E-state index in [2.05, 4.69) is 10.2 Å². The lowest BCUT2D eigenvalue weighted by molar-refractivity contribution is 0.520. The van der Waals surface area contributed by atoms with Crippen LogP contribution in [0.25, 0.3) is 22.9 Å². The average molecular weight is 378 g/mol. The molecule has 0 atom stereocenters. The Kier molecular flexibility index (Phi) is 4.64. The summed E-state index contributed by atoms with van der Waals surface area (Å²) < 4.78 is 31.4. The molecule has 0 radical (unpaired) electrons. The lowest BCUT2D eigenvalue weighted by Crippen LogP contribution is -2.22. The largest absolute Gasteiger partial charge is 0.416 e. The Morgan fingerprint density at radius 3 is 2.44 bits per heavy atom. The molecule has 1 heterocycles. The lowest BCUT2D eigenvalue weighted by atomic mass is 10.1. The standard InChI is InChI=1S/C17H16ClN3O3S/c1-11-5-4-6-12(9-11)16-19-20-17(24-16)14-10-13(7-8-15(14)18)25(22,23)21(2)3/h4-10H,1-3H3. The van der Waals surface area contributed by atoms with Crippen molar-refractivity contribution in [3.63, 3.8) is 0 Å². The summed E-state index contributed by atoms with van der Waals surface area (Å²) in [7, 11) is -0.661. The molecule has 6 nitrogen and oxygen atoms in total. The Hall–Kier alpha value is -2.22. The molecule has 0 bridgehead atoms. The van der Waals surface area contributed by atoms with Crippen molar-refractivity contribution in [1.82, 2.24) is 14.5 Å². The van der Waals surface area contributed by atoms with E-state index in [-0.39, 0.29) is 10.8 Å². The monoisotopic (exact) mass is 377 g/mol. The van der Waals surface area contributed by atoms with E-state index in [4.69, 9.17) is 16.0 Å². The normalized spacial score (nSPS) is 11.9. The van der Waals surface area contributed by atoms with E-state index in [9.17, 15) is 8.42 Å². The van der Waals surface area contributed by atoms with Crippen LogP contribution in [0.15, 0.2) is 51.8 Å². The number of halogens is 1. The minimum atomic E-state index is -3.59. The molecular formula is C17H16ClN3O3S. The van der Waals surface area contributed by atoms with Crippen LogP contribution in [-0.2, 0) is 10.0 Å². The molecule has 0 aliphatic rings. The highest BCUT2D eigenvalue weighted by atomic mass is 35.5. The van der Waals surface area contributed by atoms with E-state index in [0.29, 0.717) is 16.5 Å². The molecule has 2 aromatic carbocycles. The van der Waals surface area contributed by atoms with Crippen molar-refractivity contribution in [2.45, 2.75) is 11.8 Å².